The second-order valence-corrected chi connectivity index (χ2v) is 8.46. The summed E-state index contributed by atoms with van der Waals surface area (Å²) in [5.74, 6) is -2.57. The molecule has 1 aliphatic carbocycles. The van der Waals surface area contributed by atoms with Crippen LogP contribution in [0.1, 0.15) is 30.6 Å². The van der Waals surface area contributed by atoms with Crippen LogP contribution in [0, 0.1) is 17.2 Å². The molecule has 2 N–H and O–H groups in total. The average molecular weight is 380 g/mol. The second kappa shape index (κ2) is 5.33. The van der Waals surface area contributed by atoms with Gasteiger partial charge in [-0.05, 0) is 29.9 Å². The van der Waals surface area contributed by atoms with Gasteiger partial charge in [-0.1, -0.05) is 29.8 Å². The molecule has 0 aliphatic heterocycles. The molecule has 2 rings (SSSR count). The first-order valence-corrected chi connectivity index (χ1v) is 8.54. The van der Waals surface area contributed by atoms with Crippen molar-refractivity contribution in [3.63, 3.8) is 0 Å². The van der Waals surface area contributed by atoms with Crippen molar-refractivity contribution in [1.82, 2.24) is 4.72 Å². The third kappa shape index (κ3) is 3.44. The van der Waals surface area contributed by atoms with Crippen molar-refractivity contribution >= 4 is 31.9 Å². The Morgan fingerprint density at radius 3 is 2.57 bits per heavy atom. The number of sulfonamides is 1. The van der Waals surface area contributed by atoms with Gasteiger partial charge in [0.1, 0.15) is 4.90 Å². The zero-order chi connectivity index (χ0) is 16.0. The van der Waals surface area contributed by atoms with Crippen LogP contribution in [-0.2, 0) is 10.0 Å². The lowest BCUT2D eigenvalue weighted by atomic mass is 10.1. The Hall–Kier alpha value is -0.990. The maximum atomic E-state index is 14.1. The monoisotopic (exact) mass is 379 g/mol. The standard InChI is InChI=1S/C13H15BrFNO4S/c1-13(2)5-7(13)6-16-21(19,20)10-4-8(14)3-9(11(10)15)12(17)18/h3-4,7,16H,5-6H2,1-2H3,(H,17,18). The van der Waals surface area contributed by atoms with Gasteiger partial charge in [0, 0.05) is 11.0 Å². The van der Waals surface area contributed by atoms with Gasteiger partial charge in [0.05, 0.1) is 5.56 Å². The van der Waals surface area contributed by atoms with Gasteiger partial charge in [-0.25, -0.2) is 22.3 Å². The first-order chi connectivity index (χ1) is 9.54. The van der Waals surface area contributed by atoms with E-state index in [0.717, 1.165) is 18.6 Å². The van der Waals surface area contributed by atoms with Gasteiger partial charge in [-0.2, -0.15) is 0 Å². The maximum absolute atomic E-state index is 14.1. The Bertz CT molecular complexity index is 702. The summed E-state index contributed by atoms with van der Waals surface area (Å²) >= 11 is 3.00. The molecule has 1 aromatic carbocycles. The highest BCUT2D eigenvalue weighted by atomic mass is 79.9. The van der Waals surface area contributed by atoms with Crippen LogP contribution in [0.2, 0.25) is 0 Å². The third-order valence-corrected chi connectivity index (χ3v) is 5.64. The van der Waals surface area contributed by atoms with Crippen molar-refractivity contribution < 1.29 is 22.7 Å². The molecule has 0 aromatic heterocycles. The minimum absolute atomic E-state index is 0.0879. The molecule has 0 bridgehead atoms. The Kier molecular flexibility index (Phi) is 4.16. The quantitative estimate of drug-likeness (QED) is 0.823. The second-order valence-electron chi connectivity index (χ2n) is 5.81. The molecule has 116 valence electrons. The van der Waals surface area contributed by atoms with Crippen molar-refractivity contribution in [3.8, 4) is 0 Å². The van der Waals surface area contributed by atoms with Gasteiger partial charge >= 0.3 is 5.97 Å². The van der Waals surface area contributed by atoms with Crippen LogP contribution in [0.5, 0.6) is 0 Å². The minimum Gasteiger partial charge on any atom is -0.478 e. The highest BCUT2D eigenvalue weighted by Crippen LogP contribution is 2.51. The average Bonchev–Trinajstić information content (AvgIpc) is 2.97. The lowest BCUT2D eigenvalue weighted by Crippen LogP contribution is -2.28. The van der Waals surface area contributed by atoms with Crippen LogP contribution in [0.4, 0.5) is 4.39 Å². The van der Waals surface area contributed by atoms with Gasteiger partial charge in [-0.15, -0.1) is 0 Å². The highest BCUT2D eigenvalue weighted by Gasteiger charge is 2.45. The van der Waals surface area contributed by atoms with Crippen LogP contribution >= 0.6 is 15.9 Å². The SMILES string of the molecule is CC1(C)CC1CNS(=O)(=O)c1cc(Br)cc(C(=O)O)c1F. The van der Waals surface area contributed by atoms with E-state index in [1.165, 1.54) is 0 Å². The predicted molar refractivity (Wildman–Crippen MR) is 78.1 cm³/mol. The lowest BCUT2D eigenvalue weighted by Gasteiger charge is -2.10. The fourth-order valence-corrected chi connectivity index (χ4v) is 3.94. The molecule has 0 amide bonds. The van der Waals surface area contributed by atoms with Crippen molar-refractivity contribution in [3.05, 3.63) is 28.0 Å². The first kappa shape index (κ1) is 16.4. The van der Waals surface area contributed by atoms with E-state index in [4.69, 9.17) is 5.11 Å². The Balaban J connectivity index is 2.29. The van der Waals surface area contributed by atoms with E-state index < -0.39 is 32.3 Å². The zero-order valence-corrected chi connectivity index (χ0v) is 13.9. The number of carbonyl (C=O) groups is 1. The predicted octanol–water partition coefficient (Wildman–Crippen LogP) is 2.61. The summed E-state index contributed by atoms with van der Waals surface area (Å²) in [6.07, 6.45) is 0.900. The molecule has 1 unspecified atom stereocenters. The number of hydrogen-bond acceptors (Lipinski definition) is 3. The molecule has 21 heavy (non-hydrogen) atoms. The molecular weight excluding hydrogens is 365 g/mol. The molecule has 0 heterocycles. The lowest BCUT2D eigenvalue weighted by molar-refractivity contribution is 0.0691. The highest BCUT2D eigenvalue weighted by molar-refractivity contribution is 9.10. The third-order valence-electron chi connectivity index (χ3n) is 3.76. The Labute approximate surface area is 130 Å². The summed E-state index contributed by atoms with van der Waals surface area (Å²) in [5.41, 5.74) is -0.596. The number of rotatable bonds is 5. The van der Waals surface area contributed by atoms with E-state index in [2.05, 4.69) is 20.7 Å². The smallest absolute Gasteiger partial charge is 0.338 e. The van der Waals surface area contributed by atoms with Crippen LogP contribution in [0.3, 0.4) is 0 Å². The molecule has 0 saturated heterocycles. The number of benzene rings is 1. The summed E-state index contributed by atoms with van der Waals surface area (Å²) in [7, 11) is -4.09. The van der Waals surface area contributed by atoms with Gasteiger partial charge in [0.2, 0.25) is 10.0 Å². The summed E-state index contributed by atoms with van der Waals surface area (Å²) in [6.45, 7) is 4.26. The van der Waals surface area contributed by atoms with Crippen LogP contribution < -0.4 is 4.72 Å². The van der Waals surface area contributed by atoms with E-state index in [0.29, 0.717) is 0 Å². The van der Waals surface area contributed by atoms with E-state index in [-0.39, 0.29) is 22.4 Å². The summed E-state index contributed by atoms with van der Waals surface area (Å²) in [5, 5.41) is 8.90. The molecule has 1 atom stereocenters. The number of carboxylic acids is 1. The largest absolute Gasteiger partial charge is 0.478 e. The van der Waals surface area contributed by atoms with Gasteiger partial charge in [-0.3, -0.25) is 0 Å². The molecular formula is C13H15BrFNO4S. The molecule has 1 aromatic rings. The molecule has 8 heteroatoms. The normalized spacial score (nSPS) is 20.3. The summed E-state index contributed by atoms with van der Waals surface area (Å²) in [4.78, 5) is 10.3. The minimum atomic E-state index is -4.09. The van der Waals surface area contributed by atoms with E-state index in [1.807, 2.05) is 13.8 Å². The van der Waals surface area contributed by atoms with Crippen molar-refractivity contribution in [2.24, 2.45) is 11.3 Å². The molecule has 5 nitrogen and oxygen atoms in total. The fourth-order valence-electron chi connectivity index (χ4n) is 2.13. The van der Waals surface area contributed by atoms with Crippen molar-refractivity contribution in [2.75, 3.05) is 6.54 Å². The maximum Gasteiger partial charge on any atom is 0.338 e. The van der Waals surface area contributed by atoms with Gasteiger partial charge < -0.3 is 5.11 Å². The number of hydrogen-bond donors (Lipinski definition) is 2. The number of halogens is 2. The Morgan fingerprint density at radius 1 is 1.52 bits per heavy atom. The zero-order valence-electron chi connectivity index (χ0n) is 11.5. The number of aromatic carboxylic acids is 1. The number of nitrogens with one attached hydrogen (secondary N) is 1. The van der Waals surface area contributed by atoms with Crippen LogP contribution in [0.15, 0.2) is 21.5 Å². The van der Waals surface area contributed by atoms with E-state index >= 15 is 0 Å². The summed E-state index contributed by atoms with van der Waals surface area (Å²) in [6, 6.07) is 2.09. The molecule has 1 fully saturated rings. The van der Waals surface area contributed by atoms with E-state index in [1.54, 1.807) is 0 Å². The van der Waals surface area contributed by atoms with Crippen LogP contribution in [0.25, 0.3) is 0 Å². The molecule has 0 radical (unpaired) electrons. The summed E-state index contributed by atoms with van der Waals surface area (Å²) < 4.78 is 40.9. The Morgan fingerprint density at radius 2 is 2.10 bits per heavy atom. The molecule has 1 saturated carbocycles. The molecule has 1 aliphatic rings. The molecule has 0 spiro atoms. The first-order valence-electron chi connectivity index (χ1n) is 6.26. The number of carboxylic acid groups (broad SMARTS) is 1. The topological polar surface area (TPSA) is 83.5 Å². The fraction of sp³-hybridized carbons (Fsp3) is 0.462. The van der Waals surface area contributed by atoms with Crippen molar-refractivity contribution in [1.29, 1.82) is 0 Å². The van der Waals surface area contributed by atoms with Crippen molar-refractivity contribution in [2.45, 2.75) is 25.2 Å². The van der Waals surface area contributed by atoms with E-state index in [9.17, 15) is 17.6 Å². The van der Waals surface area contributed by atoms with Crippen LogP contribution in [-0.4, -0.2) is 26.0 Å². The van der Waals surface area contributed by atoms with Gasteiger partial charge in [0.15, 0.2) is 5.82 Å². The van der Waals surface area contributed by atoms with Gasteiger partial charge in [0.25, 0.3) is 0 Å².